The molecule has 0 radical (unpaired) electrons. The van der Waals surface area contributed by atoms with Crippen LogP contribution in [-0.4, -0.2) is 58.9 Å². The van der Waals surface area contributed by atoms with E-state index in [-0.39, 0.29) is 29.7 Å². The van der Waals surface area contributed by atoms with Crippen LogP contribution in [0.5, 0.6) is 5.75 Å². The number of halogens is 2. The number of nitrogens with one attached hydrogen (secondary N) is 1. The minimum absolute atomic E-state index is 0.204. The number of likely N-dealkylation sites (tertiary alicyclic amines) is 1. The summed E-state index contributed by atoms with van der Waals surface area (Å²) in [6, 6.07) is 17.6. The van der Waals surface area contributed by atoms with Crippen LogP contribution in [0.2, 0.25) is 0 Å². The minimum atomic E-state index is -0.573. The molecular formula is C32H34F2N4O3. The van der Waals surface area contributed by atoms with Gasteiger partial charge in [0.15, 0.2) is 0 Å². The van der Waals surface area contributed by atoms with E-state index < -0.39 is 6.04 Å². The highest BCUT2D eigenvalue weighted by Crippen LogP contribution is 2.50. The third-order valence-electron chi connectivity index (χ3n) is 8.84. The van der Waals surface area contributed by atoms with Crippen LogP contribution in [0, 0.1) is 11.6 Å². The van der Waals surface area contributed by atoms with Crippen molar-refractivity contribution in [3.8, 4) is 5.75 Å². The maximum atomic E-state index is 14.4. The maximum Gasteiger partial charge on any atom is 0.322 e. The van der Waals surface area contributed by atoms with Crippen molar-refractivity contribution in [3.63, 3.8) is 0 Å². The van der Waals surface area contributed by atoms with E-state index in [1.54, 1.807) is 18.1 Å². The Bertz CT molecular complexity index is 1580. The minimum Gasteiger partial charge on any atom is -0.497 e. The number of ether oxygens (including phenoxy) is 1. The maximum absolute atomic E-state index is 14.4. The van der Waals surface area contributed by atoms with Gasteiger partial charge in [-0.2, -0.15) is 0 Å². The first kappa shape index (κ1) is 27.2. The lowest BCUT2D eigenvalue weighted by Crippen LogP contribution is -2.56. The number of nitrogens with zero attached hydrogens (tertiary/aromatic N) is 3. The number of carbonyl (C=O) groups is 1. The van der Waals surface area contributed by atoms with Crippen LogP contribution in [0.25, 0.3) is 10.9 Å². The molecule has 7 nitrogen and oxygen atoms in total. The van der Waals surface area contributed by atoms with Gasteiger partial charge in [-0.05, 0) is 74.0 Å². The largest absolute Gasteiger partial charge is 0.497 e. The molecule has 2 N–H and O–H groups in total. The fourth-order valence-electron chi connectivity index (χ4n) is 6.71. The van der Waals surface area contributed by atoms with E-state index in [4.69, 9.17) is 4.74 Å². The fraction of sp³-hybridized carbons (Fsp3) is 0.344. The molecule has 4 aromatic rings. The summed E-state index contributed by atoms with van der Waals surface area (Å²) in [6.07, 6.45) is 1.52. The Morgan fingerprint density at radius 3 is 2.49 bits per heavy atom. The number of piperidine rings is 1. The van der Waals surface area contributed by atoms with Gasteiger partial charge in [0.2, 0.25) is 0 Å². The molecule has 2 amide bonds. The van der Waals surface area contributed by atoms with Gasteiger partial charge in [-0.3, -0.25) is 4.90 Å². The summed E-state index contributed by atoms with van der Waals surface area (Å²) >= 11 is 0. The normalized spacial score (nSPS) is 18.5. The Labute approximate surface area is 237 Å². The summed E-state index contributed by atoms with van der Waals surface area (Å²) in [5.41, 5.74) is 3.81. The number of aryl methyl sites for hydroxylation is 1. The Morgan fingerprint density at radius 1 is 1.07 bits per heavy atom. The van der Waals surface area contributed by atoms with Crippen molar-refractivity contribution in [1.29, 1.82) is 0 Å². The summed E-state index contributed by atoms with van der Waals surface area (Å²) in [5.74, 6) is 0.145. The summed E-state index contributed by atoms with van der Waals surface area (Å²) in [4.78, 5) is 17.7. The van der Waals surface area contributed by atoms with Crippen LogP contribution >= 0.6 is 0 Å². The molecule has 1 fully saturated rings. The third-order valence-corrected chi connectivity index (χ3v) is 8.84. The number of benzene rings is 3. The number of hydrogen-bond acceptors (Lipinski definition) is 4. The van der Waals surface area contributed by atoms with Crippen molar-refractivity contribution in [2.24, 2.45) is 7.05 Å². The molecule has 6 rings (SSSR count). The van der Waals surface area contributed by atoms with Crippen LogP contribution in [0.3, 0.4) is 0 Å². The molecule has 3 heterocycles. The molecule has 2 aliphatic heterocycles. The van der Waals surface area contributed by atoms with Gasteiger partial charge in [0.25, 0.3) is 0 Å². The number of urea groups is 1. The van der Waals surface area contributed by atoms with Gasteiger partial charge in [-0.15, -0.1) is 0 Å². The Kier molecular flexibility index (Phi) is 7.17. The molecule has 0 unspecified atom stereocenters. The lowest BCUT2D eigenvalue weighted by Gasteiger charge is -2.50. The number of aromatic nitrogens is 1. The van der Waals surface area contributed by atoms with E-state index in [0.717, 1.165) is 53.8 Å². The Balaban J connectivity index is 1.39. The van der Waals surface area contributed by atoms with E-state index in [1.807, 2.05) is 31.3 Å². The molecule has 1 spiro atoms. The van der Waals surface area contributed by atoms with Crippen molar-refractivity contribution in [3.05, 3.63) is 95.2 Å². The first-order valence-corrected chi connectivity index (χ1v) is 13.9. The van der Waals surface area contributed by atoms with Crippen LogP contribution in [0.15, 0.2) is 66.7 Å². The molecule has 1 saturated heterocycles. The van der Waals surface area contributed by atoms with Gasteiger partial charge in [0.05, 0.1) is 25.3 Å². The number of rotatable bonds is 5. The van der Waals surface area contributed by atoms with Crippen LogP contribution in [-0.2, 0) is 19.0 Å². The first-order valence-electron chi connectivity index (χ1n) is 13.9. The van der Waals surface area contributed by atoms with Crippen LogP contribution in [0.1, 0.15) is 35.7 Å². The third kappa shape index (κ3) is 4.83. The predicted octanol–water partition coefficient (Wildman–Crippen LogP) is 5.58. The zero-order valence-corrected chi connectivity index (χ0v) is 23.2. The summed E-state index contributed by atoms with van der Waals surface area (Å²) in [7, 11) is 3.60. The number of methoxy groups -OCH3 is 1. The van der Waals surface area contributed by atoms with Gasteiger partial charge in [-0.1, -0.05) is 18.2 Å². The van der Waals surface area contributed by atoms with E-state index in [2.05, 4.69) is 20.9 Å². The highest BCUT2D eigenvalue weighted by molar-refractivity contribution is 5.92. The first-order chi connectivity index (χ1) is 19.8. The molecule has 41 heavy (non-hydrogen) atoms. The molecule has 0 bridgehead atoms. The number of amides is 2. The van der Waals surface area contributed by atoms with E-state index in [9.17, 15) is 18.7 Å². The van der Waals surface area contributed by atoms with Crippen LogP contribution < -0.4 is 10.1 Å². The zero-order valence-electron chi connectivity index (χ0n) is 23.2. The highest BCUT2D eigenvalue weighted by Gasteiger charge is 2.49. The van der Waals surface area contributed by atoms with Crippen molar-refractivity contribution < 1.29 is 23.4 Å². The molecule has 2 aliphatic rings. The molecule has 1 atom stereocenters. The van der Waals surface area contributed by atoms with Crippen molar-refractivity contribution in [2.45, 2.75) is 30.8 Å². The number of aliphatic hydroxyl groups is 1. The van der Waals surface area contributed by atoms with Gasteiger partial charge in [-0.25, -0.2) is 13.6 Å². The lowest BCUT2D eigenvalue weighted by atomic mass is 9.68. The predicted molar refractivity (Wildman–Crippen MR) is 154 cm³/mol. The SMILES string of the molecule is COc1ccc2c3c(n(C)c2c1)[C@@H](CO)N(C(=O)Nc1ccc(F)cc1)CC31CCN(Cc2ccccc2F)CC1. The second-order valence-electron chi connectivity index (χ2n) is 11.1. The second kappa shape index (κ2) is 10.8. The smallest absolute Gasteiger partial charge is 0.322 e. The molecule has 9 heteroatoms. The summed E-state index contributed by atoms with van der Waals surface area (Å²) in [6.45, 7) is 2.16. The summed E-state index contributed by atoms with van der Waals surface area (Å²) < 4.78 is 35.5. The topological polar surface area (TPSA) is 70.0 Å². The number of hydrogen-bond donors (Lipinski definition) is 2. The van der Waals surface area contributed by atoms with Gasteiger partial charge in [0, 0.05) is 53.9 Å². The van der Waals surface area contributed by atoms with Gasteiger partial charge in [0.1, 0.15) is 17.4 Å². The zero-order chi connectivity index (χ0) is 28.7. The van der Waals surface area contributed by atoms with Crippen molar-refractivity contribution >= 4 is 22.6 Å². The Morgan fingerprint density at radius 2 is 1.80 bits per heavy atom. The monoisotopic (exact) mass is 560 g/mol. The molecular weight excluding hydrogens is 526 g/mol. The van der Waals surface area contributed by atoms with Crippen molar-refractivity contribution in [1.82, 2.24) is 14.4 Å². The summed E-state index contributed by atoms with van der Waals surface area (Å²) in [5, 5.41) is 14.7. The van der Waals surface area contributed by atoms with E-state index >= 15 is 0 Å². The number of carbonyl (C=O) groups excluding carboxylic acids is 1. The molecule has 3 aromatic carbocycles. The molecule has 0 aliphatic carbocycles. The van der Waals surface area contributed by atoms with Gasteiger partial charge >= 0.3 is 6.03 Å². The van der Waals surface area contributed by atoms with E-state index in [0.29, 0.717) is 24.3 Å². The van der Waals surface area contributed by atoms with E-state index in [1.165, 1.54) is 30.3 Å². The molecule has 0 saturated carbocycles. The number of aliphatic hydroxyl groups excluding tert-OH is 1. The van der Waals surface area contributed by atoms with Crippen molar-refractivity contribution in [2.75, 3.05) is 38.7 Å². The highest BCUT2D eigenvalue weighted by atomic mass is 19.1. The lowest BCUT2D eigenvalue weighted by molar-refractivity contribution is 0.0689. The number of fused-ring (bicyclic) bond motifs is 4. The molecule has 1 aromatic heterocycles. The average Bonchev–Trinajstić information content (AvgIpc) is 3.29. The second-order valence-corrected chi connectivity index (χ2v) is 11.1. The average molecular weight is 561 g/mol. The van der Waals surface area contributed by atoms with Crippen LogP contribution in [0.4, 0.5) is 19.3 Å². The number of anilines is 1. The fourth-order valence-corrected chi connectivity index (χ4v) is 6.71. The molecule has 214 valence electrons. The quantitative estimate of drug-likeness (QED) is 0.335. The Hall–Kier alpha value is -3.95. The van der Waals surface area contributed by atoms with Gasteiger partial charge < -0.3 is 24.6 Å². The standard InChI is InChI=1S/C32H34F2N4O3/c1-36-27-17-24(41-2)11-12-25(27)29-30(36)28(19-39)38(31(40)35-23-9-7-22(33)8-10-23)20-32(29)13-15-37(16-14-32)18-21-5-3-4-6-26(21)34/h3-12,17,28,39H,13-16,18-20H2,1-2H3,(H,35,40)/t28-/m1/s1.